The summed E-state index contributed by atoms with van der Waals surface area (Å²) in [4.78, 5) is 23.9. The van der Waals surface area contributed by atoms with E-state index in [2.05, 4.69) is 36.0 Å². The molecule has 0 aliphatic rings. The molecule has 106 valence electrons. The van der Waals surface area contributed by atoms with Crippen LogP contribution < -0.4 is 16.0 Å². The zero-order valence-electron chi connectivity index (χ0n) is 11.3. The van der Waals surface area contributed by atoms with Crippen LogP contribution in [0.5, 0.6) is 0 Å². The summed E-state index contributed by atoms with van der Waals surface area (Å²) < 4.78 is 1.51. The molecule has 2 heterocycles. The maximum atomic E-state index is 11.4. The van der Waals surface area contributed by atoms with E-state index in [-0.39, 0.29) is 12.5 Å². The predicted molar refractivity (Wildman–Crippen MR) is 73.7 cm³/mol. The smallest absolute Gasteiger partial charge is 0.257 e. The largest absolute Gasteiger partial charge is 0.357 e. The fourth-order valence-electron chi connectivity index (χ4n) is 1.46. The molecule has 2 rings (SSSR count). The lowest BCUT2D eigenvalue weighted by Gasteiger charge is -2.08. The van der Waals surface area contributed by atoms with Crippen LogP contribution in [-0.2, 0) is 4.79 Å². The van der Waals surface area contributed by atoms with Crippen molar-refractivity contribution in [3.8, 4) is 5.95 Å². The van der Waals surface area contributed by atoms with E-state index in [4.69, 9.17) is 0 Å². The number of carbonyl (C=O) groups is 1. The Balaban J connectivity index is 2.16. The molecule has 0 aromatic carbocycles. The molecule has 0 aliphatic heterocycles. The fraction of sp³-hybridized carbons (Fsp3) is 0.364. The van der Waals surface area contributed by atoms with E-state index >= 15 is 0 Å². The Morgan fingerprint density at radius 3 is 2.75 bits per heavy atom. The molecule has 0 radical (unpaired) electrons. The highest BCUT2D eigenvalue weighted by atomic mass is 16.1. The highest BCUT2D eigenvalue weighted by Crippen LogP contribution is 2.07. The number of likely N-dealkylation sites (N-methyl/N-ethyl adjacent to an activating group) is 1. The maximum absolute atomic E-state index is 11.4. The van der Waals surface area contributed by atoms with E-state index in [1.165, 1.54) is 4.68 Å². The van der Waals surface area contributed by atoms with Crippen LogP contribution in [0.1, 0.15) is 6.92 Å². The number of nitrogens with zero attached hydrogens (tertiary/aromatic N) is 5. The third kappa shape index (κ3) is 3.40. The SMILES string of the molecule is CCNC(=O)CNc1nc(NC)nc(-n2cccn2)n1. The Kier molecular flexibility index (Phi) is 4.43. The first kappa shape index (κ1) is 13.7. The number of hydrogen-bond donors (Lipinski definition) is 3. The molecule has 2 aromatic rings. The van der Waals surface area contributed by atoms with Gasteiger partial charge in [0.25, 0.3) is 5.95 Å². The fourth-order valence-corrected chi connectivity index (χ4v) is 1.46. The van der Waals surface area contributed by atoms with Crippen LogP contribution in [0.25, 0.3) is 5.95 Å². The van der Waals surface area contributed by atoms with Crippen molar-refractivity contribution in [3.05, 3.63) is 18.5 Å². The molecule has 1 amide bonds. The Hall–Kier alpha value is -2.71. The highest BCUT2D eigenvalue weighted by Gasteiger charge is 2.08. The normalized spacial score (nSPS) is 10.1. The summed E-state index contributed by atoms with van der Waals surface area (Å²) in [7, 11) is 1.70. The number of rotatable bonds is 6. The summed E-state index contributed by atoms with van der Waals surface area (Å²) in [6, 6.07) is 1.77. The lowest BCUT2D eigenvalue weighted by molar-refractivity contribution is -0.119. The predicted octanol–water partition coefficient (Wildman–Crippen LogP) is -0.353. The van der Waals surface area contributed by atoms with Crippen LogP contribution >= 0.6 is 0 Å². The van der Waals surface area contributed by atoms with Crippen molar-refractivity contribution >= 4 is 17.8 Å². The minimum atomic E-state index is -0.125. The molecule has 0 saturated heterocycles. The molecule has 0 unspecified atom stereocenters. The van der Waals surface area contributed by atoms with Crippen LogP contribution in [0.2, 0.25) is 0 Å². The van der Waals surface area contributed by atoms with Gasteiger partial charge in [0.2, 0.25) is 17.8 Å². The van der Waals surface area contributed by atoms with Gasteiger partial charge in [-0.1, -0.05) is 0 Å². The van der Waals surface area contributed by atoms with Gasteiger partial charge in [-0.15, -0.1) is 0 Å². The first-order valence-electron chi connectivity index (χ1n) is 6.17. The molecule has 0 bridgehead atoms. The van der Waals surface area contributed by atoms with Crippen molar-refractivity contribution < 1.29 is 4.79 Å². The minimum absolute atomic E-state index is 0.0968. The Bertz CT molecular complexity index is 568. The molecule has 0 fully saturated rings. The maximum Gasteiger partial charge on any atom is 0.257 e. The summed E-state index contributed by atoms with van der Waals surface area (Å²) in [5.41, 5.74) is 0. The van der Waals surface area contributed by atoms with Crippen LogP contribution in [-0.4, -0.2) is 50.8 Å². The summed E-state index contributed by atoms with van der Waals surface area (Å²) in [6.07, 6.45) is 3.35. The third-order valence-corrected chi connectivity index (χ3v) is 2.34. The van der Waals surface area contributed by atoms with Gasteiger partial charge in [-0.25, -0.2) is 4.68 Å². The summed E-state index contributed by atoms with van der Waals surface area (Å²) in [5, 5.41) is 12.4. The van der Waals surface area contributed by atoms with Crippen molar-refractivity contribution in [1.29, 1.82) is 0 Å². The topological polar surface area (TPSA) is 110 Å². The Morgan fingerprint density at radius 1 is 1.30 bits per heavy atom. The van der Waals surface area contributed by atoms with Crippen LogP contribution in [0.4, 0.5) is 11.9 Å². The average molecular weight is 276 g/mol. The van der Waals surface area contributed by atoms with Gasteiger partial charge in [-0.2, -0.15) is 20.1 Å². The van der Waals surface area contributed by atoms with E-state index < -0.39 is 0 Å². The molecule has 0 aliphatic carbocycles. The lowest BCUT2D eigenvalue weighted by Crippen LogP contribution is -2.30. The van der Waals surface area contributed by atoms with Crippen LogP contribution in [0.15, 0.2) is 18.5 Å². The van der Waals surface area contributed by atoms with Gasteiger partial charge in [0.1, 0.15) is 0 Å². The third-order valence-electron chi connectivity index (χ3n) is 2.34. The van der Waals surface area contributed by atoms with Crippen LogP contribution in [0, 0.1) is 0 Å². The Labute approximate surface area is 115 Å². The second kappa shape index (κ2) is 6.45. The molecule has 9 nitrogen and oxygen atoms in total. The van der Waals surface area contributed by atoms with Gasteiger partial charge < -0.3 is 16.0 Å². The summed E-state index contributed by atoms with van der Waals surface area (Å²) in [5.74, 6) is 0.942. The second-order valence-electron chi connectivity index (χ2n) is 3.79. The molecule has 2 aromatic heterocycles. The standard InChI is InChI=1S/C11H16N8O/c1-3-13-8(20)7-14-10-16-9(12-2)17-11(18-10)19-6-4-5-15-19/h4-6H,3,7H2,1-2H3,(H,13,20)(H2,12,14,16,17,18). The van der Waals surface area contributed by atoms with Crippen molar-refractivity contribution in [1.82, 2.24) is 30.0 Å². The monoisotopic (exact) mass is 276 g/mol. The highest BCUT2D eigenvalue weighted by molar-refractivity contribution is 5.80. The first-order valence-corrected chi connectivity index (χ1v) is 6.17. The quantitative estimate of drug-likeness (QED) is 0.661. The molecule has 20 heavy (non-hydrogen) atoms. The molecule has 0 saturated carbocycles. The summed E-state index contributed by atoms with van der Waals surface area (Å²) >= 11 is 0. The van der Waals surface area contributed by atoms with E-state index in [1.54, 1.807) is 25.5 Å². The molecule has 0 atom stereocenters. The lowest BCUT2D eigenvalue weighted by atomic mass is 10.5. The molecular formula is C11H16N8O. The molecule has 0 spiro atoms. The number of carbonyl (C=O) groups excluding carboxylic acids is 1. The number of aromatic nitrogens is 5. The zero-order valence-corrected chi connectivity index (χ0v) is 11.3. The number of hydrogen-bond acceptors (Lipinski definition) is 7. The van der Waals surface area contributed by atoms with Crippen molar-refractivity contribution in [2.24, 2.45) is 0 Å². The van der Waals surface area contributed by atoms with Crippen molar-refractivity contribution in [3.63, 3.8) is 0 Å². The molecule has 3 N–H and O–H groups in total. The van der Waals surface area contributed by atoms with E-state index in [9.17, 15) is 4.79 Å². The Morgan fingerprint density at radius 2 is 2.10 bits per heavy atom. The zero-order chi connectivity index (χ0) is 14.4. The summed E-state index contributed by atoms with van der Waals surface area (Å²) in [6.45, 7) is 2.54. The van der Waals surface area contributed by atoms with Gasteiger partial charge in [0.15, 0.2) is 0 Å². The molecular weight excluding hydrogens is 260 g/mol. The second-order valence-corrected chi connectivity index (χ2v) is 3.79. The first-order chi connectivity index (χ1) is 9.72. The average Bonchev–Trinajstić information content (AvgIpc) is 2.99. The van der Waals surface area contributed by atoms with Gasteiger partial charge in [-0.05, 0) is 13.0 Å². The van der Waals surface area contributed by atoms with Gasteiger partial charge in [-0.3, -0.25) is 4.79 Å². The molecule has 9 heteroatoms. The van der Waals surface area contributed by atoms with Gasteiger partial charge in [0, 0.05) is 26.0 Å². The van der Waals surface area contributed by atoms with E-state index in [0.29, 0.717) is 24.4 Å². The van der Waals surface area contributed by atoms with E-state index in [1.807, 2.05) is 6.92 Å². The van der Waals surface area contributed by atoms with E-state index in [0.717, 1.165) is 0 Å². The van der Waals surface area contributed by atoms with Crippen molar-refractivity contribution in [2.75, 3.05) is 30.8 Å². The van der Waals surface area contributed by atoms with Crippen LogP contribution in [0.3, 0.4) is 0 Å². The minimum Gasteiger partial charge on any atom is -0.357 e. The van der Waals surface area contributed by atoms with Gasteiger partial charge >= 0.3 is 0 Å². The van der Waals surface area contributed by atoms with Gasteiger partial charge in [0.05, 0.1) is 6.54 Å². The number of nitrogens with one attached hydrogen (secondary N) is 3. The van der Waals surface area contributed by atoms with Crippen molar-refractivity contribution in [2.45, 2.75) is 6.92 Å². The number of anilines is 2. The number of amides is 1.